The molecule has 9 heteroatoms. The molecule has 0 radical (unpaired) electrons. The smallest absolute Gasteiger partial charge is 0.331 e. The van der Waals surface area contributed by atoms with Crippen LogP contribution < -0.4 is 0 Å². The number of aromatic nitrogens is 4. The minimum absolute atomic E-state index is 0.0947. The number of hydrogen-bond acceptors (Lipinski definition) is 6. The first-order valence-corrected chi connectivity index (χ1v) is 8.79. The number of carbonyl (C=O) groups is 1. The molecule has 0 aliphatic heterocycles. The minimum Gasteiger partial charge on any atom is -0.452 e. The molecule has 0 bridgehead atoms. The zero-order valence-corrected chi connectivity index (χ0v) is 16.2. The van der Waals surface area contributed by atoms with Gasteiger partial charge in [0.2, 0.25) is 5.89 Å². The molecule has 0 amide bonds. The Bertz CT molecular complexity index is 994. The summed E-state index contributed by atoms with van der Waals surface area (Å²) in [5.41, 5.74) is 2.21. The number of nitrogens with zero attached hydrogens (tertiary/aromatic N) is 4. The van der Waals surface area contributed by atoms with Gasteiger partial charge in [0.05, 0.1) is 12.2 Å². The van der Waals surface area contributed by atoms with Crippen molar-refractivity contribution < 1.29 is 13.9 Å². The third kappa shape index (κ3) is 4.75. The largest absolute Gasteiger partial charge is 0.452 e. The average Bonchev–Trinajstić information content (AvgIpc) is 3.17. The molecule has 2 heterocycles. The highest BCUT2D eigenvalue weighted by molar-refractivity contribution is 6.32. The number of hydrogen-bond donors (Lipinski definition) is 0. The normalized spacial score (nSPS) is 11.3. The lowest BCUT2D eigenvalue weighted by Gasteiger charge is -2.05. The second-order valence-corrected chi connectivity index (χ2v) is 6.46. The summed E-state index contributed by atoms with van der Waals surface area (Å²) < 4.78 is 11.8. The van der Waals surface area contributed by atoms with Crippen LogP contribution in [0.15, 0.2) is 34.8 Å². The zero-order chi connectivity index (χ0) is 19.4. The van der Waals surface area contributed by atoms with Gasteiger partial charge in [0.25, 0.3) is 5.89 Å². The SMILES string of the molecule is Cc1nnc(COC(=O)/C=C/c2c(C)nn(Cc3ccccc3Cl)c2Cl)o1. The highest BCUT2D eigenvalue weighted by atomic mass is 35.5. The van der Waals surface area contributed by atoms with Gasteiger partial charge in [0.1, 0.15) is 5.15 Å². The van der Waals surface area contributed by atoms with Crippen molar-refractivity contribution in [1.82, 2.24) is 20.0 Å². The molecular weight excluding hydrogens is 391 g/mol. The molecule has 3 aromatic rings. The maximum Gasteiger partial charge on any atom is 0.331 e. The number of rotatable bonds is 6. The third-order valence-electron chi connectivity index (χ3n) is 3.68. The average molecular weight is 407 g/mol. The van der Waals surface area contributed by atoms with E-state index in [1.807, 2.05) is 24.3 Å². The van der Waals surface area contributed by atoms with Crippen LogP contribution in [0.25, 0.3) is 6.08 Å². The third-order valence-corrected chi connectivity index (χ3v) is 4.45. The molecule has 3 rings (SSSR count). The van der Waals surface area contributed by atoms with Crippen LogP contribution >= 0.6 is 23.2 Å². The van der Waals surface area contributed by atoms with Gasteiger partial charge in [-0.2, -0.15) is 5.10 Å². The molecule has 27 heavy (non-hydrogen) atoms. The van der Waals surface area contributed by atoms with E-state index in [4.69, 9.17) is 32.4 Å². The van der Waals surface area contributed by atoms with Crippen LogP contribution in [0.1, 0.15) is 28.6 Å². The molecule has 0 aliphatic rings. The molecule has 1 aromatic carbocycles. The van der Waals surface area contributed by atoms with Crippen molar-refractivity contribution in [2.24, 2.45) is 0 Å². The van der Waals surface area contributed by atoms with Crippen LogP contribution in [0.3, 0.4) is 0 Å². The van der Waals surface area contributed by atoms with Crippen LogP contribution in [0, 0.1) is 13.8 Å². The molecule has 0 aliphatic carbocycles. The Labute approximate surface area is 165 Å². The Morgan fingerprint density at radius 3 is 2.74 bits per heavy atom. The Balaban J connectivity index is 1.67. The fourth-order valence-electron chi connectivity index (χ4n) is 2.38. The maximum absolute atomic E-state index is 11.9. The molecule has 0 N–H and O–H groups in total. The molecular formula is C18H16Cl2N4O3. The molecule has 0 fully saturated rings. The number of carbonyl (C=O) groups excluding carboxylic acids is 1. The van der Waals surface area contributed by atoms with Gasteiger partial charge in [-0.15, -0.1) is 10.2 Å². The number of esters is 1. The summed E-state index contributed by atoms with van der Waals surface area (Å²) in [5.74, 6) is 0.0844. The van der Waals surface area contributed by atoms with Crippen LogP contribution in [0.5, 0.6) is 0 Å². The highest BCUT2D eigenvalue weighted by Crippen LogP contribution is 2.24. The Kier molecular flexibility index (Phi) is 5.93. The quantitative estimate of drug-likeness (QED) is 0.454. The first-order valence-electron chi connectivity index (χ1n) is 8.04. The predicted octanol–water partition coefficient (Wildman–Crippen LogP) is 3.99. The van der Waals surface area contributed by atoms with Crippen LogP contribution in [-0.2, 0) is 22.7 Å². The minimum atomic E-state index is -0.555. The standard InChI is InChI=1S/C18H16Cl2N4O3/c1-11-14(7-8-17(25)26-10-16-22-21-12(2)27-16)18(20)24(23-11)9-13-5-3-4-6-15(13)19/h3-8H,9-10H2,1-2H3/b8-7+. The lowest BCUT2D eigenvalue weighted by molar-refractivity contribution is -0.139. The van der Waals surface area contributed by atoms with Gasteiger partial charge in [-0.3, -0.25) is 0 Å². The van der Waals surface area contributed by atoms with Crippen LogP contribution in [-0.4, -0.2) is 25.9 Å². The van der Waals surface area contributed by atoms with E-state index in [0.717, 1.165) is 5.56 Å². The van der Waals surface area contributed by atoms with Crippen molar-refractivity contribution in [2.45, 2.75) is 27.0 Å². The summed E-state index contributed by atoms with van der Waals surface area (Å²) in [6.07, 6.45) is 2.84. The number of halogens is 2. The van der Waals surface area contributed by atoms with Gasteiger partial charge >= 0.3 is 5.97 Å². The van der Waals surface area contributed by atoms with Gasteiger partial charge in [-0.1, -0.05) is 41.4 Å². The van der Waals surface area contributed by atoms with Crippen LogP contribution in [0.4, 0.5) is 0 Å². The first kappa shape index (κ1) is 19.1. The van der Waals surface area contributed by atoms with Crippen molar-refractivity contribution in [2.75, 3.05) is 0 Å². The maximum atomic E-state index is 11.9. The van der Waals surface area contributed by atoms with E-state index in [9.17, 15) is 4.79 Å². The Morgan fingerprint density at radius 2 is 2.04 bits per heavy atom. The van der Waals surface area contributed by atoms with E-state index < -0.39 is 5.97 Å². The molecule has 7 nitrogen and oxygen atoms in total. The van der Waals surface area contributed by atoms with Gasteiger partial charge in [0.15, 0.2) is 6.61 Å². The van der Waals surface area contributed by atoms with E-state index >= 15 is 0 Å². The van der Waals surface area contributed by atoms with E-state index in [1.165, 1.54) is 6.08 Å². The topological polar surface area (TPSA) is 83.0 Å². The van der Waals surface area contributed by atoms with Crippen molar-refractivity contribution in [3.05, 3.63) is 69.1 Å². The number of ether oxygens (including phenoxy) is 1. The van der Waals surface area contributed by atoms with Crippen molar-refractivity contribution >= 4 is 35.2 Å². The highest BCUT2D eigenvalue weighted by Gasteiger charge is 2.13. The fraction of sp³-hybridized carbons (Fsp3) is 0.222. The fourth-order valence-corrected chi connectivity index (χ4v) is 2.87. The summed E-state index contributed by atoms with van der Waals surface area (Å²) in [5, 5.41) is 12.9. The van der Waals surface area contributed by atoms with E-state index in [1.54, 1.807) is 24.6 Å². The van der Waals surface area contributed by atoms with Crippen molar-refractivity contribution in [3.63, 3.8) is 0 Å². The summed E-state index contributed by atoms with van der Waals surface area (Å²) >= 11 is 12.6. The first-order chi connectivity index (χ1) is 12.9. The molecule has 0 spiro atoms. The number of aryl methyl sites for hydroxylation is 2. The summed E-state index contributed by atoms with van der Waals surface area (Å²) in [7, 11) is 0. The molecule has 2 aromatic heterocycles. The van der Waals surface area contributed by atoms with Gasteiger partial charge < -0.3 is 9.15 Å². The van der Waals surface area contributed by atoms with E-state index in [-0.39, 0.29) is 12.5 Å². The van der Waals surface area contributed by atoms with Crippen LogP contribution in [0.2, 0.25) is 10.2 Å². The van der Waals surface area contributed by atoms with Crippen molar-refractivity contribution in [3.8, 4) is 0 Å². The second-order valence-electron chi connectivity index (χ2n) is 5.69. The van der Waals surface area contributed by atoms with Gasteiger partial charge in [-0.25, -0.2) is 9.48 Å². The Morgan fingerprint density at radius 1 is 1.26 bits per heavy atom. The monoisotopic (exact) mass is 406 g/mol. The predicted molar refractivity (Wildman–Crippen MR) is 100 cm³/mol. The molecule has 140 valence electrons. The Hall–Kier alpha value is -2.64. The number of benzene rings is 1. The van der Waals surface area contributed by atoms with Crippen molar-refractivity contribution in [1.29, 1.82) is 0 Å². The molecule has 0 saturated heterocycles. The molecule has 0 saturated carbocycles. The summed E-state index contributed by atoms with van der Waals surface area (Å²) in [6, 6.07) is 7.47. The zero-order valence-electron chi connectivity index (χ0n) is 14.6. The molecule has 0 unspecified atom stereocenters. The van der Waals surface area contributed by atoms with E-state index in [2.05, 4.69) is 15.3 Å². The summed E-state index contributed by atoms with van der Waals surface area (Å²) in [4.78, 5) is 11.9. The second kappa shape index (κ2) is 8.37. The summed E-state index contributed by atoms with van der Waals surface area (Å²) in [6.45, 7) is 3.79. The van der Waals surface area contributed by atoms with Gasteiger partial charge in [0, 0.05) is 23.6 Å². The lowest BCUT2D eigenvalue weighted by Crippen LogP contribution is -2.02. The lowest BCUT2D eigenvalue weighted by atomic mass is 10.2. The van der Waals surface area contributed by atoms with E-state index in [0.29, 0.717) is 33.9 Å². The molecule has 0 atom stereocenters. The van der Waals surface area contributed by atoms with Gasteiger partial charge in [-0.05, 0) is 24.6 Å².